The van der Waals surface area contributed by atoms with Crippen molar-refractivity contribution >= 4 is 62.9 Å². The highest BCUT2D eigenvalue weighted by Gasteiger charge is 2.13. The molecule has 4 aromatic rings. The van der Waals surface area contributed by atoms with Crippen LogP contribution in [0.25, 0.3) is 0 Å². The molecule has 0 unspecified atom stereocenters. The summed E-state index contributed by atoms with van der Waals surface area (Å²) in [5, 5.41) is 12.9. The number of rotatable bonds is 8. The molecular weight excluding hydrogens is 473 g/mol. The van der Waals surface area contributed by atoms with Gasteiger partial charge < -0.3 is 10.1 Å². The molecule has 0 aliphatic rings. The molecule has 3 aromatic carbocycles. The number of hydrogen-bond acceptors (Lipinski definition) is 7. The smallest absolute Gasteiger partial charge is 0.210 e. The monoisotopic (exact) mass is 487 g/mol. The van der Waals surface area contributed by atoms with E-state index >= 15 is 0 Å². The van der Waals surface area contributed by atoms with Crippen LogP contribution in [-0.4, -0.2) is 21.7 Å². The van der Waals surface area contributed by atoms with E-state index in [0.717, 1.165) is 17.2 Å². The van der Waals surface area contributed by atoms with Gasteiger partial charge in [-0.3, -0.25) is 4.79 Å². The van der Waals surface area contributed by atoms with E-state index in [1.54, 1.807) is 18.2 Å². The van der Waals surface area contributed by atoms with E-state index in [9.17, 15) is 4.79 Å². The maximum atomic E-state index is 12.4. The molecule has 0 bridgehead atoms. The van der Waals surface area contributed by atoms with Crippen LogP contribution >= 0.6 is 46.3 Å². The predicted molar refractivity (Wildman–Crippen MR) is 128 cm³/mol. The standard InChI is InChI=1S/C22H15Cl2N3O2S2/c23-14-6-11-18(19(24)12-14)20(28)13-30-22-27-26-21(31-22)25-15-7-9-17(10-8-15)29-16-4-2-1-3-5-16/h1-12H,13H2,(H,25,26). The number of para-hydroxylation sites is 1. The Kier molecular flexibility index (Phi) is 7.09. The highest BCUT2D eigenvalue weighted by molar-refractivity contribution is 8.01. The number of aromatic nitrogens is 2. The Morgan fingerprint density at radius 2 is 1.71 bits per heavy atom. The number of nitrogens with one attached hydrogen (secondary N) is 1. The van der Waals surface area contributed by atoms with Crippen molar-refractivity contribution in [2.45, 2.75) is 4.34 Å². The molecule has 5 nitrogen and oxygen atoms in total. The molecule has 156 valence electrons. The summed E-state index contributed by atoms with van der Waals surface area (Å²) >= 11 is 14.7. The van der Waals surface area contributed by atoms with Gasteiger partial charge in [0.05, 0.1) is 10.8 Å². The van der Waals surface area contributed by atoms with Crippen LogP contribution in [0.4, 0.5) is 10.8 Å². The summed E-state index contributed by atoms with van der Waals surface area (Å²) in [5.74, 6) is 1.64. The SMILES string of the molecule is O=C(CSc1nnc(Nc2ccc(Oc3ccccc3)cc2)s1)c1ccc(Cl)cc1Cl. The molecule has 0 spiro atoms. The molecule has 0 aliphatic carbocycles. The van der Waals surface area contributed by atoms with Crippen LogP contribution in [0.2, 0.25) is 10.0 Å². The molecule has 0 saturated carbocycles. The first-order chi connectivity index (χ1) is 15.1. The topological polar surface area (TPSA) is 64.1 Å². The molecule has 0 aliphatic heterocycles. The van der Waals surface area contributed by atoms with Gasteiger partial charge in [0.2, 0.25) is 5.13 Å². The zero-order valence-corrected chi connectivity index (χ0v) is 19.1. The number of ether oxygens (including phenoxy) is 1. The van der Waals surface area contributed by atoms with E-state index in [4.69, 9.17) is 27.9 Å². The number of benzene rings is 3. The molecular formula is C22H15Cl2N3O2S2. The molecule has 0 saturated heterocycles. The quantitative estimate of drug-likeness (QED) is 0.207. The van der Waals surface area contributed by atoms with E-state index in [1.807, 2.05) is 54.6 Å². The van der Waals surface area contributed by atoms with Crippen molar-refractivity contribution in [3.8, 4) is 11.5 Å². The largest absolute Gasteiger partial charge is 0.457 e. The third kappa shape index (κ3) is 5.98. The van der Waals surface area contributed by atoms with Gasteiger partial charge in [0.25, 0.3) is 0 Å². The Hall–Kier alpha value is -2.58. The van der Waals surface area contributed by atoms with Crippen LogP contribution < -0.4 is 10.1 Å². The van der Waals surface area contributed by atoms with Crippen molar-refractivity contribution in [1.29, 1.82) is 0 Å². The predicted octanol–water partition coefficient (Wildman–Crippen LogP) is 7.36. The van der Waals surface area contributed by atoms with Crippen molar-refractivity contribution in [1.82, 2.24) is 10.2 Å². The summed E-state index contributed by atoms with van der Waals surface area (Å²) < 4.78 is 6.47. The number of anilines is 2. The first-order valence-corrected chi connectivity index (χ1v) is 11.7. The van der Waals surface area contributed by atoms with Gasteiger partial charge in [-0.25, -0.2) is 0 Å². The average molecular weight is 488 g/mol. The number of halogens is 2. The molecule has 9 heteroatoms. The fourth-order valence-electron chi connectivity index (χ4n) is 2.59. The van der Waals surface area contributed by atoms with Gasteiger partial charge in [0.15, 0.2) is 10.1 Å². The maximum Gasteiger partial charge on any atom is 0.210 e. The second kappa shape index (κ2) is 10.2. The number of nitrogens with zero attached hydrogens (tertiary/aromatic N) is 2. The van der Waals surface area contributed by atoms with Crippen LogP contribution in [0.3, 0.4) is 0 Å². The van der Waals surface area contributed by atoms with Crippen LogP contribution in [0, 0.1) is 0 Å². The van der Waals surface area contributed by atoms with E-state index in [-0.39, 0.29) is 11.5 Å². The molecule has 0 radical (unpaired) electrons. The molecule has 0 atom stereocenters. The highest BCUT2D eigenvalue weighted by Crippen LogP contribution is 2.30. The van der Waals surface area contributed by atoms with Crippen LogP contribution in [0.15, 0.2) is 77.1 Å². The van der Waals surface area contributed by atoms with Crippen molar-refractivity contribution in [3.63, 3.8) is 0 Å². The number of carbonyl (C=O) groups is 1. The Morgan fingerprint density at radius 1 is 0.968 bits per heavy atom. The molecule has 31 heavy (non-hydrogen) atoms. The van der Waals surface area contributed by atoms with Crippen molar-refractivity contribution in [3.05, 3.63) is 88.4 Å². The summed E-state index contributed by atoms with van der Waals surface area (Å²) in [7, 11) is 0. The van der Waals surface area contributed by atoms with E-state index in [2.05, 4.69) is 15.5 Å². The fraction of sp³-hybridized carbons (Fsp3) is 0.0455. The van der Waals surface area contributed by atoms with Gasteiger partial charge >= 0.3 is 0 Å². The zero-order chi connectivity index (χ0) is 21.6. The van der Waals surface area contributed by atoms with Crippen LogP contribution in [0.5, 0.6) is 11.5 Å². The molecule has 1 N–H and O–H groups in total. The Balaban J connectivity index is 1.32. The number of carbonyl (C=O) groups excluding carboxylic acids is 1. The summed E-state index contributed by atoms with van der Waals surface area (Å²) in [6, 6.07) is 22.0. The van der Waals surface area contributed by atoms with Gasteiger partial charge in [-0.1, -0.05) is 64.5 Å². The summed E-state index contributed by atoms with van der Waals surface area (Å²) in [6.07, 6.45) is 0. The third-order valence-corrected chi connectivity index (χ3v) is 6.57. The minimum absolute atomic E-state index is 0.0922. The van der Waals surface area contributed by atoms with Gasteiger partial charge in [0, 0.05) is 16.3 Å². The van der Waals surface area contributed by atoms with E-state index in [0.29, 0.717) is 25.1 Å². The normalized spacial score (nSPS) is 10.6. The lowest BCUT2D eigenvalue weighted by atomic mass is 10.1. The van der Waals surface area contributed by atoms with Crippen molar-refractivity contribution < 1.29 is 9.53 Å². The van der Waals surface area contributed by atoms with Crippen molar-refractivity contribution in [2.24, 2.45) is 0 Å². The van der Waals surface area contributed by atoms with E-state index < -0.39 is 0 Å². The summed E-state index contributed by atoms with van der Waals surface area (Å²) in [6.45, 7) is 0. The van der Waals surface area contributed by atoms with Gasteiger partial charge in [-0.05, 0) is 54.6 Å². The van der Waals surface area contributed by atoms with Crippen molar-refractivity contribution in [2.75, 3.05) is 11.1 Å². The summed E-state index contributed by atoms with van der Waals surface area (Å²) in [5.41, 5.74) is 1.30. The second-order valence-electron chi connectivity index (χ2n) is 6.27. The second-order valence-corrected chi connectivity index (χ2v) is 9.32. The molecule has 4 rings (SSSR count). The minimum atomic E-state index is -0.0922. The zero-order valence-electron chi connectivity index (χ0n) is 15.9. The number of hydrogen-bond donors (Lipinski definition) is 1. The lowest BCUT2D eigenvalue weighted by molar-refractivity contribution is 0.102. The lowest BCUT2D eigenvalue weighted by Gasteiger charge is -2.06. The number of Topliss-reactive ketones (excluding diaryl/α,β-unsaturated/α-hetero) is 1. The van der Waals surface area contributed by atoms with Gasteiger partial charge in [-0.15, -0.1) is 10.2 Å². The Morgan fingerprint density at radius 3 is 2.45 bits per heavy atom. The third-order valence-electron chi connectivity index (χ3n) is 4.05. The van der Waals surface area contributed by atoms with Crippen LogP contribution in [0.1, 0.15) is 10.4 Å². The molecule has 1 heterocycles. The van der Waals surface area contributed by atoms with E-state index in [1.165, 1.54) is 23.1 Å². The molecule has 1 aromatic heterocycles. The average Bonchev–Trinajstić information content (AvgIpc) is 3.21. The summed E-state index contributed by atoms with van der Waals surface area (Å²) in [4.78, 5) is 12.4. The lowest BCUT2D eigenvalue weighted by Crippen LogP contribution is -2.03. The molecule has 0 fully saturated rings. The maximum absolute atomic E-state index is 12.4. The first kappa shape index (κ1) is 21.6. The minimum Gasteiger partial charge on any atom is -0.457 e. The fourth-order valence-corrected chi connectivity index (χ4v) is 4.76. The first-order valence-electron chi connectivity index (χ1n) is 9.11. The Bertz CT molecular complexity index is 1190. The van der Waals surface area contributed by atoms with Crippen LogP contribution in [-0.2, 0) is 0 Å². The Labute approximate surface area is 197 Å². The molecule has 0 amide bonds. The number of thioether (sulfide) groups is 1. The van der Waals surface area contributed by atoms with Gasteiger partial charge in [0.1, 0.15) is 11.5 Å². The number of ketones is 1. The highest BCUT2D eigenvalue weighted by atomic mass is 35.5. The van der Waals surface area contributed by atoms with Gasteiger partial charge in [-0.2, -0.15) is 0 Å².